The number of anilines is 1. The van der Waals surface area contributed by atoms with Gasteiger partial charge in [0.05, 0.1) is 0 Å². The average Bonchev–Trinajstić information content (AvgIpc) is 2.47. The normalized spacial score (nSPS) is 18.3. The number of rotatable bonds is 1. The van der Waals surface area contributed by atoms with Gasteiger partial charge in [-0.25, -0.2) is 9.97 Å². The van der Waals surface area contributed by atoms with Gasteiger partial charge in [0, 0.05) is 31.2 Å². The smallest absolute Gasteiger partial charge is 0.225 e. The maximum absolute atomic E-state index is 4.25. The summed E-state index contributed by atoms with van der Waals surface area (Å²) in [7, 11) is 0. The fourth-order valence-electron chi connectivity index (χ4n) is 1.40. The molecule has 2 rings (SSSR count). The van der Waals surface area contributed by atoms with Gasteiger partial charge in [-0.1, -0.05) is 0 Å². The topological polar surface area (TPSA) is 29.0 Å². The molecule has 0 aliphatic carbocycles. The summed E-state index contributed by atoms with van der Waals surface area (Å²) in [5, 5.41) is 0. The predicted molar refractivity (Wildman–Crippen MR) is 56.2 cm³/mol. The third-order valence-corrected chi connectivity index (χ3v) is 3.11. The lowest BCUT2D eigenvalue weighted by Gasteiger charge is -2.18. The van der Waals surface area contributed by atoms with Crippen molar-refractivity contribution in [3.8, 4) is 0 Å². The van der Waals surface area contributed by atoms with Crippen LogP contribution < -0.4 is 4.90 Å². The van der Waals surface area contributed by atoms with Crippen molar-refractivity contribution in [2.24, 2.45) is 0 Å². The molecule has 1 aromatic heterocycles. The number of hydrogen-bond acceptors (Lipinski definition) is 4. The van der Waals surface area contributed by atoms with E-state index in [1.165, 1.54) is 17.9 Å². The van der Waals surface area contributed by atoms with Crippen molar-refractivity contribution < 1.29 is 0 Å². The average molecular weight is 195 g/mol. The van der Waals surface area contributed by atoms with Crippen LogP contribution in [-0.2, 0) is 0 Å². The fourth-order valence-corrected chi connectivity index (χ4v) is 2.29. The first-order valence-corrected chi connectivity index (χ1v) is 5.72. The molecule has 2 heterocycles. The molecule has 1 fully saturated rings. The van der Waals surface area contributed by atoms with Crippen LogP contribution >= 0.6 is 11.8 Å². The van der Waals surface area contributed by atoms with Gasteiger partial charge in [0.1, 0.15) is 0 Å². The molecule has 0 radical (unpaired) electrons. The van der Waals surface area contributed by atoms with E-state index in [-0.39, 0.29) is 0 Å². The Labute approximate surface area is 82.6 Å². The van der Waals surface area contributed by atoms with Crippen LogP contribution in [0.1, 0.15) is 6.42 Å². The molecule has 1 aliphatic rings. The summed E-state index contributed by atoms with van der Waals surface area (Å²) in [5.74, 6) is 3.34. The van der Waals surface area contributed by atoms with Crippen molar-refractivity contribution in [2.45, 2.75) is 6.42 Å². The molecule has 0 saturated carbocycles. The minimum Gasteiger partial charge on any atom is -0.340 e. The molecule has 0 atom stereocenters. The first-order valence-electron chi connectivity index (χ1n) is 4.56. The fraction of sp³-hybridized carbons (Fsp3) is 0.556. The summed E-state index contributed by atoms with van der Waals surface area (Å²) in [5.41, 5.74) is 0. The Morgan fingerprint density at radius 1 is 1.15 bits per heavy atom. The molecule has 3 nitrogen and oxygen atoms in total. The quantitative estimate of drug-likeness (QED) is 0.677. The van der Waals surface area contributed by atoms with Gasteiger partial charge in [-0.3, -0.25) is 0 Å². The molecule has 0 amide bonds. The highest BCUT2D eigenvalue weighted by atomic mass is 32.2. The first kappa shape index (κ1) is 8.81. The predicted octanol–water partition coefficient (Wildman–Crippen LogP) is 1.42. The summed E-state index contributed by atoms with van der Waals surface area (Å²) in [6.07, 6.45) is 4.85. The van der Waals surface area contributed by atoms with E-state index in [4.69, 9.17) is 0 Å². The van der Waals surface area contributed by atoms with Gasteiger partial charge in [-0.05, 0) is 18.2 Å². The molecule has 13 heavy (non-hydrogen) atoms. The van der Waals surface area contributed by atoms with E-state index in [9.17, 15) is 0 Å². The third-order valence-electron chi connectivity index (χ3n) is 2.06. The Morgan fingerprint density at radius 3 is 2.85 bits per heavy atom. The lowest BCUT2D eigenvalue weighted by molar-refractivity contribution is 0.783. The SMILES string of the molecule is c1cnc(N2CCCSCC2)nc1. The molecule has 0 bridgehead atoms. The summed E-state index contributed by atoms with van der Waals surface area (Å²) < 4.78 is 0. The van der Waals surface area contributed by atoms with Crippen molar-refractivity contribution >= 4 is 17.7 Å². The van der Waals surface area contributed by atoms with E-state index in [2.05, 4.69) is 14.9 Å². The molecule has 1 aliphatic heterocycles. The molecule has 0 spiro atoms. The lowest BCUT2D eigenvalue weighted by Crippen LogP contribution is -2.27. The highest BCUT2D eigenvalue weighted by Gasteiger charge is 2.10. The van der Waals surface area contributed by atoms with Crippen LogP contribution in [0.5, 0.6) is 0 Å². The molecule has 0 unspecified atom stereocenters. The van der Waals surface area contributed by atoms with Crippen molar-refractivity contribution in [3.05, 3.63) is 18.5 Å². The third kappa shape index (κ3) is 2.34. The largest absolute Gasteiger partial charge is 0.340 e. The monoisotopic (exact) mass is 195 g/mol. The molecule has 0 N–H and O–H groups in total. The second kappa shape index (κ2) is 4.46. The number of nitrogens with zero attached hydrogens (tertiary/aromatic N) is 3. The van der Waals surface area contributed by atoms with E-state index < -0.39 is 0 Å². The van der Waals surface area contributed by atoms with E-state index >= 15 is 0 Å². The van der Waals surface area contributed by atoms with Gasteiger partial charge in [0.15, 0.2) is 0 Å². The summed E-state index contributed by atoms with van der Waals surface area (Å²) in [6.45, 7) is 2.17. The number of hydrogen-bond donors (Lipinski definition) is 0. The van der Waals surface area contributed by atoms with Gasteiger partial charge in [-0.15, -0.1) is 0 Å². The molecule has 0 aromatic carbocycles. The highest BCUT2D eigenvalue weighted by molar-refractivity contribution is 7.99. The zero-order chi connectivity index (χ0) is 8.93. The zero-order valence-electron chi connectivity index (χ0n) is 7.52. The highest BCUT2D eigenvalue weighted by Crippen LogP contribution is 2.13. The summed E-state index contributed by atoms with van der Waals surface area (Å²) in [4.78, 5) is 10.8. The van der Waals surface area contributed by atoms with E-state index in [1.54, 1.807) is 12.4 Å². The van der Waals surface area contributed by atoms with Crippen molar-refractivity contribution in [2.75, 3.05) is 29.5 Å². The van der Waals surface area contributed by atoms with Crippen LogP contribution in [0, 0.1) is 0 Å². The summed E-state index contributed by atoms with van der Waals surface area (Å²) >= 11 is 2.02. The zero-order valence-corrected chi connectivity index (χ0v) is 8.33. The standard InChI is InChI=1S/C9H13N3S/c1-3-10-9(11-4-1)12-5-2-7-13-8-6-12/h1,3-4H,2,5-8H2. The number of aromatic nitrogens is 2. The second-order valence-corrected chi connectivity index (χ2v) is 4.23. The van der Waals surface area contributed by atoms with Crippen LogP contribution in [-0.4, -0.2) is 34.6 Å². The van der Waals surface area contributed by atoms with Crippen LogP contribution in [0.4, 0.5) is 5.95 Å². The van der Waals surface area contributed by atoms with E-state index in [1.807, 2.05) is 17.8 Å². The maximum Gasteiger partial charge on any atom is 0.225 e. The first-order chi connectivity index (χ1) is 6.47. The van der Waals surface area contributed by atoms with Gasteiger partial charge in [-0.2, -0.15) is 11.8 Å². The van der Waals surface area contributed by atoms with Crippen molar-refractivity contribution in [3.63, 3.8) is 0 Å². The number of thioether (sulfide) groups is 1. The molecular weight excluding hydrogens is 182 g/mol. The van der Waals surface area contributed by atoms with E-state index in [0.29, 0.717) is 0 Å². The minimum atomic E-state index is 0.880. The van der Waals surface area contributed by atoms with Gasteiger partial charge < -0.3 is 4.90 Å². The molecule has 1 saturated heterocycles. The minimum absolute atomic E-state index is 0.880. The Balaban J connectivity index is 2.06. The van der Waals surface area contributed by atoms with Crippen LogP contribution in [0.3, 0.4) is 0 Å². The Kier molecular flexibility index (Phi) is 3.02. The van der Waals surface area contributed by atoms with Gasteiger partial charge >= 0.3 is 0 Å². The molecule has 70 valence electrons. The Bertz CT molecular complexity index is 244. The van der Waals surface area contributed by atoms with Crippen LogP contribution in [0.15, 0.2) is 18.5 Å². The van der Waals surface area contributed by atoms with Crippen molar-refractivity contribution in [1.29, 1.82) is 0 Å². The van der Waals surface area contributed by atoms with Gasteiger partial charge in [0.25, 0.3) is 0 Å². The maximum atomic E-state index is 4.25. The summed E-state index contributed by atoms with van der Waals surface area (Å²) in [6, 6.07) is 1.86. The van der Waals surface area contributed by atoms with E-state index in [0.717, 1.165) is 19.0 Å². The lowest BCUT2D eigenvalue weighted by atomic mass is 10.4. The molecular formula is C9H13N3S. The molecule has 1 aromatic rings. The van der Waals surface area contributed by atoms with Crippen molar-refractivity contribution in [1.82, 2.24) is 9.97 Å². The van der Waals surface area contributed by atoms with Crippen LogP contribution in [0.2, 0.25) is 0 Å². The molecule has 4 heteroatoms. The van der Waals surface area contributed by atoms with Crippen LogP contribution in [0.25, 0.3) is 0 Å². The Morgan fingerprint density at radius 2 is 2.00 bits per heavy atom. The second-order valence-electron chi connectivity index (χ2n) is 3.00. The van der Waals surface area contributed by atoms with Gasteiger partial charge in [0.2, 0.25) is 5.95 Å². The Hall–Kier alpha value is -0.770.